The summed E-state index contributed by atoms with van der Waals surface area (Å²) in [6, 6.07) is 11.8. The second-order valence-corrected chi connectivity index (χ2v) is 4.65. The summed E-state index contributed by atoms with van der Waals surface area (Å²) >= 11 is 0. The zero-order valence-electron chi connectivity index (χ0n) is 10.9. The number of benzene rings is 2. The van der Waals surface area contributed by atoms with Gasteiger partial charge in [0.05, 0.1) is 0 Å². The van der Waals surface area contributed by atoms with Crippen molar-refractivity contribution in [1.29, 1.82) is 0 Å². The Labute approximate surface area is 112 Å². The Balaban J connectivity index is 2.10. The minimum absolute atomic E-state index is 0.212. The molecule has 3 heteroatoms. The van der Waals surface area contributed by atoms with Gasteiger partial charge in [-0.15, -0.1) is 0 Å². The molecule has 2 rings (SSSR count). The molecule has 100 valence electrons. The summed E-state index contributed by atoms with van der Waals surface area (Å²) in [6.45, 7) is 2.09. The van der Waals surface area contributed by atoms with Crippen LogP contribution in [0.4, 0.5) is 8.78 Å². The molecule has 0 amide bonds. The van der Waals surface area contributed by atoms with E-state index in [1.54, 1.807) is 6.07 Å². The highest BCUT2D eigenvalue weighted by Gasteiger charge is 2.09. The van der Waals surface area contributed by atoms with Crippen LogP contribution in [-0.2, 0) is 12.8 Å². The lowest BCUT2D eigenvalue weighted by atomic mass is 9.98. The van der Waals surface area contributed by atoms with Crippen LogP contribution in [0.2, 0.25) is 0 Å². The Morgan fingerprint density at radius 1 is 0.947 bits per heavy atom. The van der Waals surface area contributed by atoms with Gasteiger partial charge in [-0.1, -0.05) is 37.3 Å². The van der Waals surface area contributed by atoms with E-state index in [1.807, 2.05) is 24.3 Å². The molecule has 1 atom stereocenters. The average Bonchev–Trinajstić information content (AvgIpc) is 2.43. The number of rotatable bonds is 4. The standard InChI is InChI=1S/C16H17F2N/c1-2-11-3-6-13(7-4-11)16(19)10-12-5-8-14(17)15(18)9-12/h3-9,16H,2,10,19H2,1H3. The van der Waals surface area contributed by atoms with Gasteiger partial charge in [0.15, 0.2) is 11.6 Å². The average molecular weight is 261 g/mol. The van der Waals surface area contributed by atoms with Gasteiger partial charge in [-0.2, -0.15) is 0 Å². The first-order valence-corrected chi connectivity index (χ1v) is 6.38. The largest absolute Gasteiger partial charge is 0.324 e. The zero-order valence-corrected chi connectivity index (χ0v) is 10.9. The molecule has 0 spiro atoms. The molecule has 2 aromatic carbocycles. The van der Waals surface area contributed by atoms with Crippen molar-refractivity contribution in [2.45, 2.75) is 25.8 Å². The van der Waals surface area contributed by atoms with E-state index in [9.17, 15) is 8.78 Å². The van der Waals surface area contributed by atoms with Crippen LogP contribution < -0.4 is 5.73 Å². The molecule has 2 N–H and O–H groups in total. The van der Waals surface area contributed by atoms with Gasteiger partial charge < -0.3 is 5.73 Å². The molecule has 2 aromatic rings. The predicted octanol–water partition coefficient (Wildman–Crippen LogP) is 3.77. The summed E-state index contributed by atoms with van der Waals surface area (Å²) in [6.07, 6.45) is 1.47. The Kier molecular flexibility index (Phi) is 4.27. The summed E-state index contributed by atoms with van der Waals surface area (Å²) in [4.78, 5) is 0. The van der Waals surface area contributed by atoms with Crippen LogP contribution in [0.1, 0.15) is 29.7 Å². The van der Waals surface area contributed by atoms with Crippen molar-refractivity contribution in [3.63, 3.8) is 0 Å². The maximum absolute atomic E-state index is 13.1. The lowest BCUT2D eigenvalue weighted by Crippen LogP contribution is -2.13. The van der Waals surface area contributed by atoms with Gasteiger partial charge in [-0.3, -0.25) is 0 Å². The molecule has 1 unspecified atom stereocenters. The lowest BCUT2D eigenvalue weighted by Gasteiger charge is -2.13. The Morgan fingerprint density at radius 3 is 2.16 bits per heavy atom. The predicted molar refractivity (Wildman–Crippen MR) is 72.8 cm³/mol. The second-order valence-electron chi connectivity index (χ2n) is 4.65. The van der Waals surface area contributed by atoms with Gasteiger partial charge in [0.1, 0.15) is 0 Å². The molecular weight excluding hydrogens is 244 g/mol. The first-order valence-electron chi connectivity index (χ1n) is 6.38. The smallest absolute Gasteiger partial charge is 0.159 e. The number of halogens is 2. The maximum atomic E-state index is 13.1. The molecule has 1 nitrogen and oxygen atoms in total. The van der Waals surface area contributed by atoms with Crippen molar-refractivity contribution < 1.29 is 8.78 Å². The fourth-order valence-electron chi connectivity index (χ4n) is 2.04. The molecule has 0 aliphatic heterocycles. The van der Waals surface area contributed by atoms with Crippen LogP contribution in [0.25, 0.3) is 0 Å². The van der Waals surface area contributed by atoms with Crippen LogP contribution in [0, 0.1) is 11.6 Å². The molecule has 0 radical (unpaired) electrons. The highest BCUT2D eigenvalue weighted by atomic mass is 19.2. The highest BCUT2D eigenvalue weighted by molar-refractivity contribution is 5.27. The first-order chi connectivity index (χ1) is 9.10. The summed E-state index contributed by atoms with van der Waals surface area (Å²) in [5, 5.41) is 0. The molecule has 0 saturated carbocycles. The van der Waals surface area contributed by atoms with E-state index < -0.39 is 11.6 Å². The fourth-order valence-corrected chi connectivity index (χ4v) is 2.04. The molecule has 0 saturated heterocycles. The van der Waals surface area contributed by atoms with Crippen molar-refractivity contribution in [3.8, 4) is 0 Å². The quantitative estimate of drug-likeness (QED) is 0.890. The van der Waals surface area contributed by atoms with Gasteiger partial charge in [0, 0.05) is 6.04 Å². The molecule has 19 heavy (non-hydrogen) atoms. The van der Waals surface area contributed by atoms with Gasteiger partial charge in [0.2, 0.25) is 0 Å². The van der Waals surface area contributed by atoms with E-state index in [0.29, 0.717) is 12.0 Å². The molecular formula is C16H17F2N. The van der Waals surface area contributed by atoms with Crippen molar-refractivity contribution in [2.24, 2.45) is 5.73 Å². The van der Waals surface area contributed by atoms with E-state index in [0.717, 1.165) is 18.1 Å². The Hall–Kier alpha value is -1.74. The van der Waals surface area contributed by atoms with Gasteiger partial charge in [0.25, 0.3) is 0 Å². The van der Waals surface area contributed by atoms with E-state index in [1.165, 1.54) is 11.6 Å². The van der Waals surface area contributed by atoms with Gasteiger partial charge in [-0.05, 0) is 41.7 Å². The monoisotopic (exact) mass is 261 g/mol. The van der Waals surface area contributed by atoms with E-state index >= 15 is 0 Å². The number of nitrogens with two attached hydrogens (primary N) is 1. The molecule has 0 fully saturated rings. The fraction of sp³-hybridized carbons (Fsp3) is 0.250. The van der Waals surface area contributed by atoms with Gasteiger partial charge >= 0.3 is 0 Å². The minimum Gasteiger partial charge on any atom is -0.324 e. The number of hydrogen-bond donors (Lipinski definition) is 1. The van der Waals surface area contributed by atoms with Crippen LogP contribution >= 0.6 is 0 Å². The Bertz CT molecular complexity index is 549. The van der Waals surface area contributed by atoms with Crippen molar-refractivity contribution >= 4 is 0 Å². The van der Waals surface area contributed by atoms with Gasteiger partial charge in [-0.25, -0.2) is 8.78 Å². The molecule has 0 bridgehead atoms. The third-order valence-corrected chi connectivity index (χ3v) is 3.26. The van der Waals surface area contributed by atoms with Crippen LogP contribution in [-0.4, -0.2) is 0 Å². The summed E-state index contributed by atoms with van der Waals surface area (Å²) in [5.74, 6) is -1.66. The zero-order chi connectivity index (χ0) is 13.8. The normalized spacial score (nSPS) is 12.4. The van der Waals surface area contributed by atoms with E-state index in [4.69, 9.17) is 5.73 Å². The number of aryl methyl sites for hydroxylation is 1. The molecule has 0 aromatic heterocycles. The topological polar surface area (TPSA) is 26.0 Å². The summed E-state index contributed by atoms with van der Waals surface area (Å²) in [7, 11) is 0. The maximum Gasteiger partial charge on any atom is 0.159 e. The van der Waals surface area contributed by atoms with E-state index in [2.05, 4.69) is 6.92 Å². The van der Waals surface area contributed by atoms with Crippen LogP contribution in [0.15, 0.2) is 42.5 Å². The molecule has 0 aliphatic carbocycles. The summed E-state index contributed by atoms with van der Waals surface area (Å²) in [5.41, 5.74) is 9.05. The third kappa shape index (κ3) is 3.38. The Morgan fingerprint density at radius 2 is 1.58 bits per heavy atom. The van der Waals surface area contributed by atoms with E-state index in [-0.39, 0.29) is 6.04 Å². The van der Waals surface area contributed by atoms with Crippen LogP contribution in [0.5, 0.6) is 0 Å². The number of hydrogen-bond acceptors (Lipinski definition) is 1. The molecule has 0 heterocycles. The second kappa shape index (κ2) is 5.93. The first kappa shape index (κ1) is 13.7. The lowest BCUT2D eigenvalue weighted by molar-refractivity contribution is 0.506. The van der Waals surface area contributed by atoms with Crippen LogP contribution in [0.3, 0.4) is 0 Å². The summed E-state index contributed by atoms with van der Waals surface area (Å²) < 4.78 is 26.0. The minimum atomic E-state index is -0.829. The van der Waals surface area contributed by atoms with Crippen molar-refractivity contribution in [3.05, 3.63) is 70.8 Å². The third-order valence-electron chi connectivity index (χ3n) is 3.26. The highest BCUT2D eigenvalue weighted by Crippen LogP contribution is 2.18. The molecule has 0 aliphatic rings. The SMILES string of the molecule is CCc1ccc(C(N)Cc2ccc(F)c(F)c2)cc1. The van der Waals surface area contributed by atoms with Crippen molar-refractivity contribution in [1.82, 2.24) is 0 Å². The van der Waals surface area contributed by atoms with Crippen molar-refractivity contribution in [2.75, 3.05) is 0 Å².